The van der Waals surface area contributed by atoms with Gasteiger partial charge in [0.15, 0.2) is 0 Å². The standard InChI is InChI=1S/C21H26N2O4/c24-19(10-12-23-21(26)27-14-15-5-2-1-3-6-15)20(25)18-8-4-7-16-13-22-11-9-17(16)18/h1-8,19-20,22,24-25H,9-14H2,(H,23,26). The number of ether oxygens (including phenoxy) is 1. The van der Waals surface area contributed by atoms with E-state index >= 15 is 0 Å². The Morgan fingerprint density at radius 3 is 2.78 bits per heavy atom. The minimum atomic E-state index is -0.972. The smallest absolute Gasteiger partial charge is 0.407 e. The van der Waals surface area contributed by atoms with Gasteiger partial charge < -0.3 is 25.6 Å². The van der Waals surface area contributed by atoms with Gasteiger partial charge in [-0.2, -0.15) is 0 Å². The van der Waals surface area contributed by atoms with E-state index < -0.39 is 18.3 Å². The molecule has 0 saturated carbocycles. The summed E-state index contributed by atoms with van der Waals surface area (Å²) in [7, 11) is 0. The topological polar surface area (TPSA) is 90.8 Å². The molecule has 2 unspecified atom stereocenters. The second kappa shape index (κ2) is 9.50. The number of aliphatic hydroxyl groups excluding tert-OH is 2. The molecule has 6 nitrogen and oxygen atoms in total. The summed E-state index contributed by atoms with van der Waals surface area (Å²) >= 11 is 0. The number of amides is 1. The summed E-state index contributed by atoms with van der Waals surface area (Å²) in [5.74, 6) is 0. The Kier molecular flexibility index (Phi) is 6.81. The molecule has 1 heterocycles. The summed E-state index contributed by atoms with van der Waals surface area (Å²) in [6.07, 6.45) is -1.40. The zero-order valence-electron chi connectivity index (χ0n) is 15.2. The van der Waals surface area contributed by atoms with Crippen LogP contribution >= 0.6 is 0 Å². The van der Waals surface area contributed by atoms with Gasteiger partial charge in [0.05, 0.1) is 6.10 Å². The molecule has 144 valence electrons. The fourth-order valence-electron chi connectivity index (χ4n) is 3.30. The van der Waals surface area contributed by atoms with Crippen LogP contribution in [0.1, 0.15) is 34.8 Å². The Balaban J connectivity index is 1.45. The molecule has 6 heteroatoms. The molecule has 1 aliphatic rings. The number of carbonyl (C=O) groups excluding carboxylic acids is 1. The summed E-state index contributed by atoms with van der Waals surface area (Å²) in [5, 5.41) is 26.8. The van der Waals surface area contributed by atoms with Crippen molar-refractivity contribution in [1.29, 1.82) is 0 Å². The molecular formula is C21H26N2O4. The molecular weight excluding hydrogens is 344 g/mol. The maximum atomic E-state index is 11.7. The SMILES string of the molecule is O=C(NCCC(O)C(O)c1cccc2c1CCNC2)OCc1ccccc1. The molecule has 0 aliphatic carbocycles. The van der Waals surface area contributed by atoms with E-state index in [1.807, 2.05) is 48.5 Å². The summed E-state index contributed by atoms with van der Waals surface area (Å²) in [5.41, 5.74) is 3.95. The number of fused-ring (bicyclic) bond motifs is 1. The first kappa shape index (κ1) is 19.4. The molecule has 0 radical (unpaired) electrons. The van der Waals surface area contributed by atoms with Gasteiger partial charge in [0.1, 0.15) is 12.7 Å². The van der Waals surface area contributed by atoms with Crippen LogP contribution in [0.3, 0.4) is 0 Å². The average Bonchev–Trinajstić information content (AvgIpc) is 2.72. The molecule has 27 heavy (non-hydrogen) atoms. The van der Waals surface area contributed by atoms with Crippen molar-refractivity contribution in [3.8, 4) is 0 Å². The van der Waals surface area contributed by atoms with Crippen molar-refractivity contribution in [2.24, 2.45) is 0 Å². The van der Waals surface area contributed by atoms with E-state index in [1.54, 1.807) is 0 Å². The highest BCUT2D eigenvalue weighted by molar-refractivity contribution is 5.67. The lowest BCUT2D eigenvalue weighted by molar-refractivity contribution is 0.0130. The highest BCUT2D eigenvalue weighted by Crippen LogP contribution is 2.27. The molecule has 1 amide bonds. The molecule has 3 rings (SSSR count). The predicted molar refractivity (Wildman–Crippen MR) is 102 cm³/mol. The molecule has 0 aromatic heterocycles. The van der Waals surface area contributed by atoms with Crippen LogP contribution in [0.25, 0.3) is 0 Å². The quantitative estimate of drug-likeness (QED) is 0.599. The largest absolute Gasteiger partial charge is 0.445 e. The van der Waals surface area contributed by atoms with Gasteiger partial charge in [-0.25, -0.2) is 4.79 Å². The molecule has 0 bridgehead atoms. The van der Waals surface area contributed by atoms with E-state index in [0.29, 0.717) is 0 Å². The van der Waals surface area contributed by atoms with Crippen LogP contribution < -0.4 is 10.6 Å². The lowest BCUT2D eigenvalue weighted by Gasteiger charge is -2.25. The number of nitrogens with one attached hydrogen (secondary N) is 2. The van der Waals surface area contributed by atoms with Gasteiger partial charge in [0, 0.05) is 13.1 Å². The van der Waals surface area contributed by atoms with Crippen molar-refractivity contribution < 1.29 is 19.7 Å². The van der Waals surface area contributed by atoms with Crippen LogP contribution in [0.4, 0.5) is 4.79 Å². The van der Waals surface area contributed by atoms with Crippen molar-refractivity contribution in [2.75, 3.05) is 13.1 Å². The first-order valence-corrected chi connectivity index (χ1v) is 9.27. The molecule has 0 spiro atoms. The molecule has 2 atom stereocenters. The van der Waals surface area contributed by atoms with E-state index in [-0.39, 0.29) is 19.6 Å². The molecule has 2 aromatic rings. The lowest BCUT2D eigenvalue weighted by atomic mass is 9.90. The van der Waals surface area contributed by atoms with E-state index in [1.165, 1.54) is 0 Å². The average molecular weight is 370 g/mol. The van der Waals surface area contributed by atoms with Crippen LogP contribution in [-0.4, -0.2) is 35.5 Å². The van der Waals surface area contributed by atoms with Gasteiger partial charge in [-0.15, -0.1) is 0 Å². The third kappa shape index (κ3) is 5.29. The Labute approximate surface area is 159 Å². The Bertz CT molecular complexity index is 751. The van der Waals surface area contributed by atoms with Crippen molar-refractivity contribution in [3.63, 3.8) is 0 Å². The number of hydrogen-bond acceptors (Lipinski definition) is 5. The van der Waals surface area contributed by atoms with Gasteiger partial charge in [-0.05, 0) is 41.6 Å². The second-order valence-corrected chi connectivity index (χ2v) is 6.70. The molecule has 0 fully saturated rings. The van der Waals surface area contributed by atoms with Gasteiger partial charge >= 0.3 is 6.09 Å². The Morgan fingerprint density at radius 1 is 1.15 bits per heavy atom. The van der Waals surface area contributed by atoms with Crippen molar-refractivity contribution in [2.45, 2.75) is 38.2 Å². The number of rotatable bonds is 7. The highest BCUT2D eigenvalue weighted by atomic mass is 16.5. The lowest BCUT2D eigenvalue weighted by Crippen LogP contribution is -2.31. The first-order valence-electron chi connectivity index (χ1n) is 9.27. The van der Waals surface area contributed by atoms with E-state index in [4.69, 9.17) is 4.74 Å². The van der Waals surface area contributed by atoms with Crippen LogP contribution in [0.5, 0.6) is 0 Å². The predicted octanol–water partition coefficient (Wildman–Crippen LogP) is 2.04. The zero-order chi connectivity index (χ0) is 19.1. The Morgan fingerprint density at radius 2 is 1.96 bits per heavy atom. The van der Waals surface area contributed by atoms with Crippen molar-refractivity contribution in [1.82, 2.24) is 10.6 Å². The van der Waals surface area contributed by atoms with E-state index in [9.17, 15) is 15.0 Å². The number of aliphatic hydroxyl groups is 2. The number of benzene rings is 2. The number of hydrogen-bond donors (Lipinski definition) is 4. The minimum Gasteiger partial charge on any atom is -0.445 e. The van der Waals surface area contributed by atoms with Crippen LogP contribution in [0.2, 0.25) is 0 Å². The maximum absolute atomic E-state index is 11.7. The normalized spacial score (nSPS) is 15.5. The number of carbonyl (C=O) groups is 1. The van der Waals surface area contributed by atoms with Gasteiger partial charge in [-0.3, -0.25) is 0 Å². The zero-order valence-corrected chi connectivity index (χ0v) is 15.2. The van der Waals surface area contributed by atoms with Crippen molar-refractivity contribution in [3.05, 3.63) is 70.8 Å². The molecule has 1 aliphatic heterocycles. The van der Waals surface area contributed by atoms with Crippen LogP contribution in [-0.2, 0) is 24.3 Å². The van der Waals surface area contributed by atoms with Gasteiger partial charge in [0.25, 0.3) is 0 Å². The summed E-state index contributed by atoms with van der Waals surface area (Å²) in [6, 6.07) is 15.2. The molecule has 4 N–H and O–H groups in total. The third-order valence-electron chi connectivity index (χ3n) is 4.78. The van der Waals surface area contributed by atoms with E-state index in [2.05, 4.69) is 10.6 Å². The second-order valence-electron chi connectivity index (χ2n) is 6.70. The van der Waals surface area contributed by atoms with E-state index in [0.717, 1.165) is 41.8 Å². The molecule has 0 saturated heterocycles. The minimum absolute atomic E-state index is 0.196. The summed E-state index contributed by atoms with van der Waals surface area (Å²) in [6.45, 7) is 2.06. The van der Waals surface area contributed by atoms with Gasteiger partial charge in [0.2, 0.25) is 0 Å². The maximum Gasteiger partial charge on any atom is 0.407 e. The molecule has 2 aromatic carbocycles. The summed E-state index contributed by atoms with van der Waals surface area (Å²) < 4.78 is 5.13. The van der Waals surface area contributed by atoms with Crippen LogP contribution in [0, 0.1) is 0 Å². The van der Waals surface area contributed by atoms with Crippen molar-refractivity contribution >= 4 is 6.09 Å². The monoisotopic (exact) mass is 370 g/mol. The van der Waals surface area contributed by atoms with Gasteiger partial charge in [-0.1, -0.05) is 48.5 Å². The fourth-order valence-corrected chi connectivity index (χ4v) is 3.30. The third-order valence-corrected chi connectivity index (χ3v) is 4.78. The highest BCUT2D eigenvalue weighted by Gasteiger charge is 2.23. The first-order chi connectivity index (χ1) is 13.1. The fraction of sp³-hybridized carbons (Fsp3) is 0.381. The number of alkyl carbamates (subject to hydrolysis) is 1. The van der Waals surface area contributed by atoms with Crippen LogP contribution in [0.15, 0.2) is 48.5 Å². The Hall–Kier alpha value is -2.41. The summed E-state index contributed by atoms with van der Waals surface area (Å²) in [4.78, 5) is 11.7.